The molecule has 3 N–H and O–H groups in total. The van der Waals surface area contributed by atoms with Gasteiger partial charge in [0, 0.05) is 18.0 Å². The summed E-state index contributed by atoms with van der Waals surface area (Å²) >= 11 is 0. The number of nitrogens with zero attached hydrogens (tertiary/aromatic N) is 4. The lowest BCUT2D eigenvalue weighted by molar-refractivity contribution is -0.0207. The first-order chi connectivity index (χ1) is 15.6. The van der Waals surface area contributed by atoms with Crippen molar-refractivity contribution in [2.75, 3.05) is 11.9 Å². The lowest BCUT2D eigenvalue weighted by Gasteiger charge is -2.37. The Morgan fingerprint density at radius 2 is 1.97 bits per heavy atom. The number of amides is 1. The molecule has 1 fully saturated rings. The Morgan fingerprint density at radius 3 is 2.67 bits per heavy atom. The van der Waals surface area contributed by atoms with Crippen molar-refractivity contribution in [1.29, 1.82) is 0 Å². The molecule has 0 saturated carbocycles. The number of imidazole rings is 1. The van der Waals surface area contributed by atoms with Crippen molar-refractivity contribution < 1.29 is 14.0 Å². The second-order valence-corrected chi connectivity index (χ2v) is 14.8. The van der Waals surface area contributed by atoms with Crippen molar-refractivity contribution in [3.8, 4) is 0 Å². The quantitative estimate of drug-likeness (QED) is 0.530. The second kappa shape index (κ2) is 8.94. The van der Waals surface area contributed by atoms with Gasteiger partial charge in [-0.15, -0.1) is 0 Å². The monoisotopic (exact) mass is 468 g/mol. The zero-order valence-electron chi connectivity index (χ0n) is 19.8. The van der Waals surface area contributed by atoms with Gasteiger partial charge in [-0.2, -0.15) is 0 Å². The summed E-state index contributed by atoms with van der Waals surface area (Å²) in [5, 5.41) is 2.95. The number of nitrogens with one attached hydrogen (secondary N) is 1. The van der Waals surface area contributed by atoms with Crippen LogP contribution >= 0.6 is 0 Å². The van der Waals surface area contributed by atoms with Gasteiger partial charge in [0.1, 0.15) is 12.6 Å². The average Bonchev–Trinajstić information content (AvgIpc) is 3.36. The molecule has 3 aromatic rings. The predicted molar refractivity (Wildman–Crippen MR) is 129 cm³/mol. The summed E-state index contributed by atoms with van der Waals surface area (Å²) in [6.45, 7) is 11.5. The fourth-order valence-corrected chi connectivity index (χ4v) is 4.53. The van der Waals surface area contributed by atoms with Crippen LogP contribution in [0, 0.1) is 0 Å². The van der Waals surface area contributed by atoms with E-state index < -0.39 is 8.32 Å². The minimum Gasteiger partial charge on any atom is -0.414 e. The van der Waals surface area contributed by atoms with Gasteiger partial charge in [-0.25, -0.2) is 15.0 Å². The number of aromatic nitrogens is 4. The van der Waals surface area contributed by atoms with Gasteiger partial charge in [0.15, 0.2) is 25.3 Å². The van der Waals surface area contributed by atoms with Gasteiger partial charge in [0.25, 0.3) is 5.91 Å². The molecule has 0 radical (unpaired) electrons. The van der Waals surface area contributed by atoms with Gasteiger partial charge in [0.2, 0.25) is 0 Å². The molecule has 9 nitrogen and oxygen atoms in total. The molecule has 0 aliphatic carbocycles. The molecule has 2 aromatic heterocycles. The fraction of sp³-hybridized carbons (Fsp3) is 0.478. The molecule has 3 atom stereocenters. The van der Waals surface area contributed by atoms with E-state index in [1.807, 2.05) is 22.8 Å². The molecular weight excluding hydrogens is 436 g/mol. The minimum absolute atomic E-state index is 0.118. The van der Waals surface area contributed by atoms with E-state index in [0.29, 0.717) is 35.6 Å². The van der Waals surface area contributed by atoms with Crippen molar-refractivity contribution in [2.45, 2.75) is 63.7 Å². The zero-order chi connectivity index (χ0) is 23.8. The Balaban J connectivity index is 1.49. The normalized spacial score (nSPS) is 21.5. The maximum atomic E-state index is 12.6. The van der Waals surface area contributed by atoms with E-state index in [4.69, 9.17) is 14.9 Å². The summed E-state index contributed by atoms with van der Waals surface area (Å²) in [6.07, 6.45) is 3.17. The number of anilines is 1. The van der Waals surface area contributed by atoms with Gasteiger partial charge in [-0.1, -0.05) is 39.0 Å². The van der Waals surface area contributed by atoms with E-state index in [9.17, 15) is 4.79 Å². The molecule has 10 heteroatoms. The highest BCUT2D eigenvalue weighted by Gasteiger charge is 2.40. The zero-order valence-corrected chi connectivity index (χ0v) is 20.8. The standard InChI is InChI=1S/C23H32N6O3Si/c1-23(2,3)33(4,5)31-12-17-16(24)11-18(32-17)29-14-27-19-20(25-13-26-21(19)29)28-22(30)15-9-7-6-8-10-15/h6-10,13-14,16-18H,11-12,24H2,1-5H3,(H,25,26,28,30)/t16-,17-,18-/m1/s1. The van der Waals surface area contributed by atoms with Crippen molar-refractivity contribution in [2.24, 2.45) is 5.73 Å². The summed E-state index contributed by atoms with van der Waals surface area (Å²) in [5.41, 5.74) is 8.03. The lowest BCUT2D eigenvalue weighted by atomic mass is 10.1. The number of ether oxygens (including phenoxy) is 1. The Hall–Kier alpha value is -2.66. The topological polar surface area (TPSA) is 117 Å². The van der Waals surface area contributed by atoms with Gasteiger partial charge >= 0.3 is 0 Å². The van der Waals surface area contributed by atoms with Crippen LogP contribution in [0.2, 0.25) is 18.1 Å². The van der Waals surface area contributed by atoms with Crippen LogP contribution in [0.3, 0.4) is 0 Å². The SMILES string of the molecule is CC(C)(C)[Si](C)(C)OC[C@H]1O[C@@H](n2cnc3c(NC(=O)c4ccccc4)ncnc32)C[C@H]1N. The van der Waals surface area contributed by atoms with E-state index in [0.717, 1.165) is 0 Å². The first-order valence-electron chi connectivity index (χ1n) is 11.2. The van der Waals surface area contributed by atoms with Crippen LogP contribution in [0.25, 0.3) is 11.2 Å². The smallest absolute Gasteiger partial charge is 0.256 e. The Bertz CT molecular complexity index is 1130. The Morgan fingerprint density at radius 1 is 1.24 bits per heavy atom. The highest BCUT2D eigenvalue weighted by molar-refractivity contribution is 6.74. The highest BCUT2D eigenvalue weighted by Crippen LogP contribution is 2.38. The van der Waals surface area contributed by atoms with Crippen molar-refractivity contribution in [3.63, 3.8) is 0 Å². The highest BCUT2D eigenvalue weighted by atomic mass is 28.4. The minimum atomic E-state index is -1.90. The molecular formula is C23H32N6O3Si. The lowest BCUT2D eigenvalue weighted by Crippen LogP contribution is -2.45. The number of fused-ring (bicyclic) bond motifs is 1. The Kier molecular flexibility index (Phi) is 6.36. The number of carbonyl (C=O) groups is 1. The van der Waals surface area contributed by atoms with Gasteiger partial charge < -0.3 is 20.2 Å². The summed E-state index contributed by atoms with van der Waals surface area (Å²) in [7, 11) is -1.90. The third kappa shape index (κ3) is 4.84. The third-order valence-corrected chi connectivity index (χ3v) is 11.1. The predicted octanol–water partition coefficient (Wildman–Crippen LogP) is 3.72. The molecule has 1 amide bonds. The van der Waals surface area contributed by atoms with E-state index in [-0.39, 0.29) is 29.3 Å². The van der Waals surface area contributed by atoms with Crippen LogP contribution in [0.4, 0.5) is 5.82 Å². The van der Waals surface area contributed by atoms with Crippen LogP contribution in [0.1, 0.15) is 43.8 Å². The molecule has 4 rings (SSSR count). The number of benzene rings is 1. The van der Waals surface area contributed by atoms with Gasteiger partial charge in [0.05, 0.1) is 19.0 Å². The molecule has 0 bridgehead atoms. The molecule has 33 heavy (non-hydrogen) atoms. The summed E-state index contributed by atoms with van der Waals surface area (Å²) in [6, 6.07) is 8.81. The van der Waals surface area contributed by atoms with Crippen LogP contribution in [0.5, 0.6) is 0 Å². The van der Waals surface area contributed by atoms with Crippen molar-refractivity contribution >= 4 is 31.2 Å². The van der Waals surface area contributed by atoms with E-state index >= 15 is 0 Å². The largest absolute Gasteiger partial charge is 0.414 e. The van der Waals surface area contributed by atoms with Crippen LogP contribution in [-0.4, -0.2) is 52.5 Å². The fourth-order valence-electron chi connectivity index (χ4n) is 3.52. The van der Waals surface area contributed by atoms with Crippen molar-refractivity contribution in [3.05, 3.63) is 48.5 Å². The number of nitrogens with two attached hydrogens (primary N) is 1. The van der Waals surface area contributed by atoms with E-state index in [1.54, 1.807) is 18.5 Å². The summed E-state index contributed by atoms with van der Waals surface area (Å²) < 4.78 is 14.5. The number of rotatable bonds is 6. The molecule has 0 unspecified atom stereocenters. The van der Waals surface area contributed by atoms with Gasteiger partial charge in [-0.3, -0.25) is 9.36 Å². The molecule has 1 aliphatic rings. The summed E-state index contributed by atoms with van der Waals surface area (Å²) in [5.74, 6) is 0.0971. The first-order valence-corrected chi connectivity index (χ1v) is 14.1. The Labute approximate surface area is 194 Å². The molecule has 176 valence electrons. The molecule has 1 aliphatic heterocycles. The maximum Gasteiger partial charge on any atom is 0.256 e. The average molecular weight is 469 g/mol. The molecule has 3 heterocycles. The van der Waals surface area contributed by atoms with E-state index in [2.05, 4.69) is 54.1 Å². The molecule has 1 saturated heterocycles. The van der Waals surface area contributed by atoms with E-state index in [1.165, 1.54) is 6.33 Å². The van der Waals surface area contributed by atoms with Crippen molar-refractivity contribution in [1.82, 2.24) is 19.5 Å². The number of carbonyl (C=O) groups excluding carboxylic acids is 1. The van der Waals surface area contributed by atoms with Crippen LogP contribution in [-0.2, 0) is 9.16 Å². The second-order valence-electron chi connectivity index (χ2n) is 9.97. The number of hydrogen-bond donors (Lipinski definition) is 2. The summed E-state index contributed by atoms with van der Waals surface area (Å²) in [4.78, 5) is 25.6. The maximum absolute atomic E-state index is 12.6. The molecule has 1 aromatic carbocycles. The molecule has 0 spiro atoms. The van der Waals surface area contributed by atoms with Crippen LogP contribution in [0.15, 0.2) is 43.0 Å². The number of hydrogen-bond acceptors (Lipinski definition) is 7. The van der Waals surface area contributed by atoms with Gasteiger partial charge in [-0.05, 0) is 30.3 Å². The first kappa shape index (κ1) is 23.5. The third-order valence-electron chi connectivity index (χ3n) is 6.63. The van der Waals surface area contributed by atoms with Crippen LogP contribution < -0.4 is 11.1 Å².